The second-order valence-corrected chi connectivity index (χ2v) is 4.47. The standard InChI is InChI=1S/C12H14N6O2/c13-11-10(15-20-16-11)12(19)18-7-5-17(6-8-18)9-3-1-2-4-14-9/h1-4H,5-8H2,(H2,13,16). The average molecular weight is 274 g/mol. The van der Waals surface area contributed by atoms with Gasteiger partial charge in [0, 0.05) is 32.4 Å². The van der Waals surface area contributed by atoms with Crippen LogP contribution < -0.4 is 10.6 Å². The van der Waals surface area contributed by atoms with E-state index in [9.17, 15) is 4.79 Å². The van der Waals surface area contributed by atoms with E-state index in [4.69, 9.17) is 5.73 Å². The average Bonchev–Trinajstić information content (AvgIpc) is 2.94. The van der Waals surface area contributed by atoms with Crippen molar-refractivity contribution in [1.29, 1.82) is 0 Å². The van der Waals surface area contributed by atoms with Crippen molar-refractivity contribution in [3.63, 3.8) is 0 Å². The molecule has 0 saturated carbocycles. The van der Waals surface area contributed by atoms with E-state index >= 15 is 0 Å². The Hall–Kier alpha value is -2.64. The van der Waals surface area contributed by atoms with Crippen LogP contribution in [0.1, 0.15) is 10.5 Å². The molecule has 3 rings (SSSR count). The van der Waals surface area contributed by atoms with Crippen LogP contribution in [0.15, 0.2) is 29.0 Å². The van der Waals surface area contributed by atoms with E-state index in [1.807, 2.05) is 18.2 Å². The number of nitrogens with zero attached hydrogens (tertiary/aromatic N) is 5. The maximum atomic E-state index is 12.2. The van der Waals surface area contributed by atoms with Gasteiger partial charge in [0.05, 0.1) is 0 Å². The summed E-state index contributed by atoms with van der Waals surface area (Å²) in [6, 6.07) is 5.78. The molecule has 1 aliphatic heterocycles. The third-order valence-electron chi connectivity index (χ3n) is 3.26. The molecule has 20 heavy (non-hydrogen) atoms. The number of carbonyl (C=O) groups excluding carboxylic acids is 1. The highest BCUT2D eigenvalue weighted by atomic mass is 16.6. The van der Waals surface area contributed by atoms with E-state index in [2.05, 4.69) is 24.8 Å². The van der Waals surface area contributed by atoms with Crippen LogP contribution in [0.4, 0.5) is 11.6 Å². The Morgan fingerprint density at radius 2 is 2.00 bits per heavy atom. The van der Waals surface area contributed by atoms with Crippen molar-refractivity contribution >= 4 is 17.5 Å². The summed E-state index contributed by atoms with van der Waals surface area (Å²) < 4.78 is 4.45. The number of amides is 1. The minimum absolute atomic E-state index is 0.0298. The fraction of sp³-hybridized carbons (Fsp3) is 0.333. The van der Waals surface area contributed by atoms with Crippen molar-refractivity contribution in [2.24, 2.45) is 0 Å². The number of hydrogen-bond donors (Lipinski definition) is 1. The molecule has 104 valence electrons. The van der Waals surface area contributed by atoms with Gasteiger partial charge in [-0.25, -0.2) is 9.61 Å². The first-order chi connectivity index (χ1) is 9.75. The van der Waals surface area contributed by atoms with Crippen LogP contribution in [0.25, 0.3) is 0 Å². The van der Waals surface area contributed by atoms with Gasteiger partial charge in [0.1, 0.15) is 5.82 Å². The first-order valence-corrected chi connectivity index (χ1v) is 6.29. The molecular formula is C12H14N6O2. The van der Waals surface area contributed by atoms with Gasteiger partial charge in [0.15, 0.2) is 0 Å². The predicted octanol–water partition coefficient (Wildman–Crippen LogP) is 0.00920. The van der Waals surface area contributed by atoms with Gasteiger partial charge in [-0.1, -0.05) is 6.07 Å². The summed E-state index contributed by atoms with van der Waals surface area (Å²) in [5, 5.41) is 6.96. The fourth-order valence-corrected chi connectivity index (χ4v) is 2.17. The molecule has 2 N–H and O–H groups in total. The zero-order valence-corrected chi connectivity index (χ0v) is 10.8. The molecule has 0 radical (unpaired) electrons. The first-order valence-electron chi connectivity index (χ1n) is 6.29. The van der Waals surface area contributed by atoms with Gasteiger partial charge in [0.2, 0.25) is 11.5 Å². The van der Waals surface area contributed by atoms with Crippen molar-refractivity contribution in [1.82, 2.24) is 20.2 Å². The third-order valence-corrected chi connectivity index (χ3v) is 3.26. The number of pyridine rings is 1. The minimum atomic E-state index is -0.246. The van der Waals surface area contributed by atoms with Crippen LogP contribution in [-0.4, -0.2) is 52.3 Å². The molecule has 3 heterocycles. The van der Waals surface area contributed by atoms with Crippen LogP contribution in [0.5, 0.6) is 0 Å². The van der Waals surface area contributed by atoms with Crippen LogP contribution >= 0.6 is 0 Å². The zero-order valence-electron chi connectivity index (χ0n) is 10.8. The monoisotopic (exact) mass is 274 g/mol. The SMILES string of the molecule is Nc1nonc1C(=O)N1CCN(c2ccccn2)CC1. The van der Waals surface area contributed by atoms with Gasteiger partial charge in [-0.3, -0.25) is 4.79 Å². The van der Waals surface area contributed by atoms with E-state index in [1.54, 1.807) is 11.1 Å². The van der Waals surface area contributed by atoms with Crippen molar-refractivity contribution in [2.75, 3.05) is 36.8 Å². The number of nitrogen functional groups attached to an aromatic ring is 1. The summed E-state index contributed by atoms with van der Waals surface area (Å²) in [7, 11) is 0. The lowest BCUT2D eigenvalue weighted by Crippen LogP contribution is -2.49. The summed E-state index contributed by atoms with van der Waals surface area (Å²) in [6.07, 6.45) is 1.76. The molecule has 8 heteroatoms. The maximum Gasteiger partial charge on any atom is 0.280 e. The minimum Gasteiger partial charge on any atom is -0.379 e. The lowest BCUT2D eigenvalue weighted by molar-refractivity contribution is 0.0736. The molecule has 0 aromatic carbocycles. The number of nitrogens with two attached hydrogens (primary N) is 1. The number of piperazine rings is 1. The molecule has 1 saturated heterocycles. The van der Waals surface area contributed by atoms with Crippen LogP contribution in [0.3, 0.4) is 0 Å². The molecule has 2 aromatic heterocycles. The first kappa shape index (κ1) is 12.4. The van der Waals surface area contributed by atoms with E-state index in [0.29, 0.717) is 26.2 Å². The lowest BCUT2D eigenvalue weighted by atomic mass is 10.2. The van der Waals surface area contributed by atoms with Gasteiger partial charge >= 0.3 is 0 Å². The molecule has 0 aliphatic carbocycles. The summed E-state index contributed by atoms with van der Waals surface area (Å²) in [4.78, 5) is 20.3. The highest BCUT2D eigenvalue weighted by Crippen LogP contribution is 2.15. The lowest BCUT2D eigenvalue weighted by Gasteiger charge is -2.34. The van der Waals surface area contributed by atoms with Gasteiger partial charge in [-0.15, -0.1) is 0 Å². The van der Waals surface area contributed by atoms with Gasteiger partial charge < -0.3 is 15.5 Å². The summed E-state index contributed by atoms with van der Waals surface area (Å²) in [5.41, 5.74) is 5.61. The Kier molecular flexibility index (Phi) is 3.20. The molecule has 1 amide bonds. The highest BCUT2D eigenvalue weighted by molar-refractivity contribution is 5.96. The quantitative estimate of drug-likeness (QED) is 0.823. The number of carbonyl (C=O) groups is 1. The van der Waals surface area contributed by atoms with Crippen molar-refractivity contribution in [2.45, 2.75) is 0 Å². The Labute approximate surface area is 115 Å². The Balaban J connectivity index is 1.64. The molecule has 0 spiro atoms. The maximum absolute atomic E-state index is 12.2. The third kappa shape index (κ3) is 2.27. The number of anilines is 2. The summed E-state index contributed by atoms with van der Waals surface area (Å²) >= 11 is 0. The van der Waals surface area contributed by atoms with E-state index < -0.39 is 0 Å². The normalized spacial score (nSPS) is 15.4. The molecule has 0 atom stereocenters. The van der Waals surface area contributed by atoms with Crippen molar-refractivity contribution < 1.29 is 9.42 Å². The van der Waals surface area contributed by atoms with E-state index in [-0.39, 0.29) is 17.4 Å². The Morgan fingerprint density at radius 3 is 2.60 bits per heavy atom. The summed E-state index contributed by atoms with van der Waals surface area (Å²) in [6.45, 7) is 2.60. The number of rotatable bonds is 2. The molecule has 1 fully saturated rings. The largest absolute Gasteiger partial charge is 0.379 e. The summed E-state index contributed by atoms with van der Waals surface area (Å²) in [5.74, 6) is 0.703. The van der Waals surface area contributed by atoms with Gasteiger partial charge in [-0.05, 0) is 22.4 Å². The van der Waals surface area contributed by atoms with Crippen LogP contribution in [0, 0.1) is 0 Å². The number of aromatic nitrogens is 3. The molecular weight excluding hydrogens is 260 g/mol. The van der Waals surface area contributed by atoms with Crippen molar-refractivity contribution in [3.05, 3.63) is 30.1 Å². The van der Waals surface area contributed by atoms with Crippen LogP contribution in [0.2, 0.25) is 0 Å². The van der Waals surface area contributed by atoms with E-state index in [1.165, 1.54) is 0 Å². The second-order valence-electron chi connectivity index (χ2n) is 4.47. The molecule has 0 bridgehead atoms. The molecule has 1 aliphatic rings. The van der Waals surface area contributed by atoms with E-state index in [0.717, 1.165) is 5.82 Å². The Morgan fingerprint density at radius 1 is 1.20 bits per heavy atom. The van der Waals surface area contributed by atoms with Gasteiger partial charge in [-0.2, -0.15) is 0 Å². The van der Waals surface area contributed by atoms with Gasteiger partial charge in [0.25, 0.3) is 5.91 Å². The topological polar surface area (TPSA) is 101 Å². The second kappa shape index (κ2) is 5.16. The fourth-order valence-electron chi connectivity index (χ4n) is 2.17. The number of hydrogen-bond acceptors (Lipinski definition) is 7. The molecule has 2 aromatic rings. The molecule has 0 unspecified atom stereocenters. The highest BCUT2D eigenvalue weighted by Gasteiger charge is 2.26. The Bertz CT molecular complexity index is 591. The zero-order chi connectivity index (χ0) is 13.9. The van der Waals surface area contributed by atoms with Crippen molar-refractivity contribution in [3.8, 4) is 0 Å². The molecule has 8 nitrogen and oxygen atoms in total. The van der Waals surface area contributed by atoms with Crippen LogP contribution in [-0.2, 0) is 0 Å². The predicted molar refractivity (Wildman–Crippen MR) is 71.1 cm³/mol. The smallest absolute Gasteiger partial charge is 0.280 e.